The van der Waals surface area contributed by atoms with Crippen molar-refractivity contribution in [2.45, 2.75) is 33.2 Å². The summed E-state index contributed by atoms with van der Waals surface area (Å²) in [4.78, 5) is 8.53. The molecule has 112 valence electrons. The standard InChI is InChI=1S/C16H23N5/c1-10-5-11(2)7-12(6-10)13-8-14(21-15(17)20-13)19-9-16(3,4)18/h5-8H,9,18H2,1-4H3,(H3,17,19,20,21). The first-order valence-electron chi connectivity index (χ1n) is 6.99. The molecule has 0 fully saturated rings. The minimum absolute atomic E-state index is 0.254. The van der Waals surface area contributed by atoms with Gasteiger partial charge in [-0.05, 0) is 39.8 Å². The van der Waals surface area contributed by atoms with E-state index in [1.807, 2.05) is 19.9 Å². The first-order valence-corrected chi connectivity index (χ1v) is 6.99. The lowest BCUT2D eigenvalue weighted by molar-refractivity contribution is 0.548. The topological polar surface area (TPSA) is 89.8 Å². The zero-order valence-corrected chi connectivity index (χ0v) is 13.1. The fourth-order valence-corrected chi connectivity index (χ4v) is 2.15. The van der Waals surface area contributed by atoms with Crippen LogP contribution in [0, 0.1) is 13.8 Å². The molecule has 0 bridgehead atoms. The second kappa shape index (κ2) is 5.69. The normalized spacial score (nSPS) is 11.5. The highest BCUT2D eigenvalue weighted by molar-refractivity contribution is 5.65. The number of nitrogens with zero attached hydrogens (tertiary/aromatic N) is 2. The van der Waals surface area contributed by atoms with Gasteiger partial charge < -0.3 is 16.8 Å². The van der Waals surface area contributed by atoms with Gasteiger partial charge >= 0.3 is 0 Å². The molecule has 0 unspecified atom stereocenters. The summed E-state index contributed by atoms with van der Waals surface area (Å²) in [7, 11) is 0. The molecule has 0 radical (unpaired) electrons. The van der Waals surface area contributed by atoms with Crippen LogP contribution in [0.25, 0.3) is 11.3 Å². The highest BCUT2D eigenvalue weighted by atomic mass is 15.1. The molecule has 0 aliphatic rings. The minimum atomic E-state index is -0.320. The first kappa shape index (κ1) is 15.3. The highest BCUT2D eigenvalue weighted by Crippen LogP contribution is 2.23. The molecule has 2 aromatic rings. The van der Waals surface area contributed by atoms with Crippen LogP contribution in [0.3, 0.4) is 0 Å². The molecular weight excluding hydrogens is 262 g/mol. The van der Waals surface area contributed by atoms with E-state index in [0.29, 0.717) is 12.4 Å². The van der Waals surface area contributed by atoms with E-state index in [0.717, 1.165) is 11.3 Å². The van der Waals surface area contributed by atoms with E-state index in [1.54, 1.807) is 0 Å². The van der Waals surface area contributed by atoms with Gasteiger partial charge in [0.25, 0.3) is 0 Å². The van der Waals surface area contributed by atoms with Crippen molar-refractivity contribution in [2.75, 3.05) is 17.6 Å². The predicted octanol–water partition coefficient (Wildman–Crippen LogP) is 2.49. The summed E-state index contributed by atoms with van der Waals surface area (Å²) in [5.74, 6) is 0.944. The quantitative estimate of drug-likeness (QED) is 0.803. The Labute approximate surface area is 125 Å². The molecule has 21 heavy (non-hydrogen) atoms. The third-order valence-electron chi connectivity index (χ3n) is 2.99. The van der Waals surface area contributed by atoms with Crippen LogP contribution in [0.15, 0.2) is 24.3 Å². The van der Waals surface area contributed by atoms with E-state index < -0.39 is 0 Å². The Hall–Kier alpha value is -2.14. The SMILES string of the molecule is Cc1cc(C)cc(-c2cc(NCC(C)(C)N)nc(N)n2)c1. The highest BCUT2D eigenvalue weighted by Gasteiger charge is 2.12. The van der Waals surface area contributed by atoms with Gasteiger partial charge in [0.15, 0.2) is 0 Å². The number of nitrogen functional groups attached to an aromatic ring is 1. The number of aromatic nitrogens is 2. The molecule has 2 rings (SSSR count). The van der Waals surface area contributed by atoms with E-state index in [4.69, 9.17) is 11.5 Å². The molecule has 0 saturated carbocycles. The van der Waals surface area contributed by atoms with Gasteiger partial charge in [-0.25, -0.2) is 4.98 Å². The van der Waals surface area contributed by atoms with Crippen LogP contribution in [0.1, 0.15) is 25.0 Å². The number of anilines is 2. The lowest BCUT2D eigenvalue weighted by Crippen LogP contribution is -2.39. The van der Waals surface area contributed by atoms with Crippen LogP contribution in [-0.2, 0) is 0 Å². The number of rotatable bonds is 4. The van der Waals surface area contributed by atoms with Crippen LogP contribution in [0.5, 0.6) is 0 Å². The molecule has 0 saturated heterocycles. The van der Waals surface area contributed by atoms with Gasteiger partial charge in [0.2, 0.25) is 5.95 Å². The molecule has 5 nitrogen and oxygen atoms in total. The molecule has 0 aliphatic heterocycles. The lowest BCUT2D eigenvalue weighted by Gasteiger charge is -2.19. The van der Waals surface area contributed by atoms with Gasteiger partial charge in [-0.2, -0.15) is 4.98 Å². The summed E-state index contributed by atoms with van der Waals surface area (Å²) in [5, 5.41) is 3.21. The van der Waals surface area contributed by atoms with E-state index >= 15 is 0 Å². The monoisotopic (exact) mass is 285 g/mol. The number of aryl methyl sites for hydroxylation is 2. The summed E-state index contributed by atoms with van der Waals surface area (Å²) in [6, 6.07) is 8.21. The molecule has 5 N–H and O–H groups in total. The fraction of sp³-hybridized carbons (Fsp3) is 0.375. The molecule has 0 aliphatic carbocycles. The third-order valence-corrected chi connectivity index (χ3v) is 2.99. The second-order valence-electron chi connectivity index (χ2n) is 6.22. The Kier molecular flexibility index (Phi) is 4.14. The molecule has 0 spiro atoms. The van der Waals surface area contributed by atoms with E-state index in [1.165, 1.54) is 11.1 Å². The Balaban J connectivity index is 2.34. The van der Waals surface area contributed by atoms with E-state index in [2.05, 4.69) is 47.3 Å². The summed E-state index contributed by atoms with van der Waals surface area (Å²) in [5.41, 5.74) is 15.7. The number of hydrogen-bond acceptors (Lipinski definition) is 5. The van der Waals surface area contributed by atoms with Gasteiger partial charge in [-0.15, -0.1) is 0 Å². The number of benzene rings is 1. The van der Waals surface area contributed by atoms with Crippen molar-refractivity contribution >= 4 is 11.8 Å². The molecular formula is C16H23N5. The van der Waals surface area contributed by atoms with Crippen molar-refractivity contribution in [3.63, 3.8) is 0 Å². The van der Waals surface area contributed by atoms with Gasteiger partial charge in [0, 0.05) is 23.7 Å². The van der Waals surface area contributed by atoms with Crippen molar-refractivity contribution in [3.8, 4) is 11.3 Å². The van der Waals surface area contributed by atoms with Crippen LogP contribution in [-0.4, -0.2) is 22.1 Å². The number of nitrogens with one attached hydrogen (secondary N) is 1. The number of hydrogen-bond donors (Lipinski definition) is 3. The molecule has 1 heterocycles. The average molecular weight is 285 g/mol. The fourth-order valence-electron chi connectivity index (χ4n) is 2.15. The molecule has 1 aromatic heterocycles. The summed E-state index contributed by atoms with van der Waals surface area (Å²) < 4.78 is 0. The van der Waals surface area contributed by atoms with Crippen molar-refractivity contribution in [2.24, 2.45) is 5.73 Å². The zero-order chi connectivity index (χ0) is 15.6. The zero-order valence-electron chi connectivity index (χ0n) is 13.1. The maximum absolute atomic E-state index is 5.97. The molecule has 5 heteroatoms. The van der Waals surface area contributed by atoms with Crippen molar-refractivity contribution < 1.29 is 0 Å². The minimum Gasteiger partial charge on any atom is -0.368 e. The van der Waals surface area contributed by atoms with Gasteiger partial charge in [0.1, 0.15) is 5.82 Å². The van der Waals surface area contributed by atoms with Crippen LogP contribution in [0.2, 0.25) is 0 Å². The summed E-state index contributed by atoms with van der Waals surface area (Å²) in [6.07, 6.45) is 0. The van der Waals surface area contributed by atoms with E-state index in [-0.39, 0.29) is 11.5 Å². The molecule has 0 amide bonds. The Morgan fingerprint density at radius 3 is 2.24 bits per heavy atom. The lowest BCUT2D eigenvalue weighted by atomic mass is 10.0. The average Bonchev–Trinajstić information content (AvgIpc) is 2.34. The van der Waals surface area contributed by atoms with Crippen molar-refractivity contribution in [1.82, 2.24) is 9.97 Å². The first-order chi connectivity index (χ1) is 9.73. The maximum atomic E-state index is 5.97. The maximum Gasteiger partial charge on any atom is 0.222 e. The van der Waals surface area contributed by atoms with Crippen molar-refractivity contribution in [3.05, 3.63) is 35.4 Å². The third kappa shape index (κ3) is 4.43. The summed E-state index contributed by atoms with van der Waals surface area (Å²) in [6.45, 7) is 8.65. The molecule has 1 aromatic carbocycles. The van der Waals surface area contributed by atoms with Gasteiger partial charge in [-0.3, -0.25) is 0 Å². The van der Waals surface area contributed by atoms with Gasteiger partial charge in [-0.1, -0.05) is 17.2 Å². The Morgan fingerprint density at radius 1 is 1.05 bits per heavy atom. The van der Waals surface area contributed by atoms with Crippen LogP contribution in [0.4, 0.5) is 11.8 Å². The predicted molar refractivity (Wildman–Crippen MR) is 88.1 cm³/mol. The second-order valence-corrected chi connectivity index (χ2v) is 6.22. The van der Waals surface area contributed by atoms with Crippen LogP contribution < -0.4 is 16.8 Å². The Morgan fingerprint density at radius 2 is 1.67 bits per heavy atom. The van der Waals surface area contributed by atoms with E-state index in [9.17, 15) is 0 Å². The molecule has 0 atom stereocenters. The largest absolute Gasteiger partial charge is 0.368 e. The van der Waals surface area contributed by atoms with Gasteiger partial charge in [0.05, 0.1) is 5.69 Å². The smallest absolute Gasteiger partial charge is 0.222 e. The Bertz CT molecular complexity index is 623. The van der Waals surface area contributed by atoms with Crippen LogP contribution >= 0.6 is 0 Å². The summed E-state index contributed by atoms with van der Waals surface area (Å²) >= 11 is 0. The van der Waals surface area contributed by atoms with Crippen molar-refractivity contribution in [1.29, 1.82) is 0 Å². The number of nitrogens with two attached hydrogens (primary N) is 2.